The molecule has 0 radical (unpaired) electrons. The van der Waals surface area contributed by atoms with Gasteiger partial charge in [0.25, 0.3) is 0 Å². The van der Waals surface area contributed by atoms with Crippen molar-refractivity contribution in [3.8, 4) is 5.75 Å². The SMILES string of the molecule is C=CCNC(=S)NC[C@H](O)COc1ccc(Cl)c(C)c1. The van der Waals surface area contributed by atoms with Crippen molar-refractivity contribution in [1.82, 2.24) is 10.6 Å². The van der Waals surface area contributed by atoms with Crippen molar-refractivity contribution in [1.29, 1.82) is 0 Å². The van der Waals surface area contributed by atoms with Crippen LogP contribution in [0.3, 0.4) is 0 Å². The number of halogens is 1. The molecule has 1 aromatic carbocycles. The molecule has 3 N–H and O–H groups in total. The molecule has 20 heavy (non-hydrogen) atoms. The summed E-state index contributed by atoms with van der Waals surface area (Å²) in [6.07, 6.45) is 1.05. The third kappa shape index (κ3) is 6.23. The average Bonchev–Trinajstić information content (AvgIpc) is 2.44. The lowest BCUT2D eigenvalue weighted by molar-refractivity contribution is 0.110. The van der Waals surface area contributed by atoms with Gasteiger partial charge in [-0.1, -0.05) is 17.7 Å². The van der Waals surface area contributed by atoms with Crippen LogP contribution in [0.15, 0.2) is 30.9 Å². The molecule has 4 nitrogen and oxygen atoms in total. The minimum Gasteiger partial charge on any atom is -0.491 e. The average molecular weight is 315 g/mol. The number of benzene rings is 1. The molecule has 0 heterocycles. The number of ether oxygens (including phenoxy) is 1. The van der Waals surface area contributed by atoms with Gasteiger partial charge in [-0.25, -0.2) is 0 Å². The van der Waals surface area contributed by atoms with E-state index in [0.29, 0.717) is 29.0 Å². The number of rotatable bonds is 7. The normalized spacial score (nSPS) is 11.6. The highest BCUT2D eigenvalue weighted by atomic mass is 35.5. The Labute approximate surface area is 129 Å². The topological polar surface area (TPSA) is 53.5 Å². The van der Waals surface area contributed by atoms with Crippen molar-refractivity contribution in [2.45, 2.75) is 13.0 Å². The number of nitrogens with one attached hydrogen (secondary N) is 2. The third-order valence-electron chi connectivity index (χ3n) is 2.48. The summed E-state index contributed by atoms with van der Waals surface area (Å²) in [5.41, 5.74) is 0.937. The van der Waals surface area contributed by atoms with Crippen molar-refractivity contribution in [3.05, 3.63) is 41.4 Å². The molecule has 0 saturated carbocycles. The first-order valence-electron chi connectivity index (χ1n) is 6.22. The first-order chi connectivity index (χ1) is 9.52. The molecular weight excluding hydrogens is 296 g/mol. The van der Waals surface area contributed by atoms with E-state index in [9.17, 15) is 5.11 Å². The molecular formula is C14H19ClN2O2S. The van der Waals surface area contributed by atoms with Gasteiger partial charge in [0, 0.05) is 18.1 Å². The molecule has 0 aliphatic rings. The second-order valence-corrected chi connectivity index (χ2v) is 5.07. The standard InChI is InChI=1S/C14H19ClN2O2S/c1-3-6-16-14(20)17-8-11(18)9-19-12-4-5-13(15)10(2)7-12/h3-5,7,11,18H,1,6,8-9H2,2H3,(H2,16,17,20)/t11-/m0/s1. The van der Waals surface area contributed by atoms with Gasteiger partial charge in [0.2, 0.25) is 0 Å². The van der Waals surface area contributed by atoms with Crippen molar-refractivity contribution in [3.63, 3.8) is 0 Å². The number of thiocarbonyl (C=S) groups is 1. The van der Waals surface area contributed by atoms with E-state index in [1.165, 1.54) is 0 Å². The van der Waals surface area contributed by atoms with Crippen molar-refractivity contribution in [2.24, 2.45) is 0 Å². The van der Waals surface area contributed by atoms with Gasteiger partial charge in [-0.3, -0.25) is 0 Å². The minimum atomic E-state index is -0.658. The zero-order valence-electron chi connectivity index (χ0n) is 11.4. The fourth-order valence-electron chi connectivity index (χ4n) is 1.40. The van der Waals surface area contributed by atoms with Crippen LogP contribution in [-0.4, -0.2) is 36.0 Å². The van der Waals surface area contributed by atoms with Gasteiger partial charge in [-0.05, 0) is 42.9 Å². The minimum absolute atomic E-state index is 0.179. The van der Waals surface area contributed by atoms with Crippen LogP contribution in [0, 0.1) is 6.92 Å². The highest BCUT2D eigenvalue weighted by Gasteiger charge is 2.06. The van der Waals surface area contributed by atoms with E-state index in [0.717, 1.165) is 5.56 Å². The summed E-state index contributed by atoms with van der Waals surface area (Å²) in [4.78, 5) is 0. The fourth-order valence-corrected chi connectivity index (χ4v) is 1.68. The van der Waals surface area contributed by atoms with Gasteiger partial charge in [0.05, 0.1) is 0 Å². The van der Waals surface area contributed by atoms with Gasteiger partial charge < -0.3 is 20.5 Å². The summed E-state index contributed by atoms with van der Waals surface area (Å²) in [7, 11) is 0. The van der Waals surface area contributed by atoms with E-state index in [2.05, 4.69) is 17.2 Å². The monoisotopic (exact) mass is 314 g/mol. The van der Waals surface area contributed by atoms with Crippen LogP contribution < -0.4 is 15.4 Å². The van der Waals surface area contributed by atoms with Gasteiger partial charge in [-0.2, -0.15) is 0 Å². The molecule has 110 valence electrons. The molecule has 1 rings (SSSR count). The molecule has 1 aromatic rings. The second-order valence-electron chi connectivity index (χ2n) is 4.26. The maximum atomic E-state index is 9.79. The van der Waals surface area contributed by atoms with E-state index in [1.54, 1.807) is 18.2 Å². The molecule has 0 bridgehead atoms. The second kappa shape index (κ2) is 8.79. The van der Waals surface area contributed by atoms with Gasteiger partial charge >= 0.3 is 0 Å². The Kier molecular flexibility index (Phi) is 7.36. The molecule has 0 spiro atoms. The first kappa shape index (κ1) is 16.8. The van der Waals surface area contributed by atoms with Crippen molar-refractivity contribution in [2.75, 3.05) is 19.7 Å². The number of hydrogen-bond donors (Lipinski definition) is 3. The zero-order chi connectivity index (χ0) is 15.0. The van der Waals surface area contributed by atoms with Gasteiger partial charge in [-0.15, -0.1) is 6.58 Å². The maximum Gasteiger partial charge on any atom is 0.166 e. The van der Waals surface area contributed by atoms with Crippen LogP contribution in [0.1, 0.15) is 5.56 Å². The highest BCUT2D eigenvalue weighted by Crippen LogP contribution is 2.20. The summed E-state index contributed by atoms with van der Waals surface area (Å²) in [5, 5.41) is 16.8. The lowest BCUT2D eigenvalue weighted by atomic mass is 10.2. The van der Waals surface area contributed by atoms with Crippen molar-refractivity contribution >= 4 is 28.9 Å². The van der Waals surface area contributed by atoms with Crippen LogP contribution in [-0.2, 0) is 0 Å². The molecule has 0 unspecified atom stereocenters. The number of aliphatic hydroxyl groups excluding tert-OH is 1. The van der Waals surface area contributed by atoms with Crippen LogP contribution in [0.2, 0.25) is 5.02 Å². The molecule has 6 heteroatoms. The fraction of sp³-hybridized carbons (Fsp3) is 0.357. The predicted molar refractivity (Wildman–Crippen MR) is 86.5 cm³/mol. The number of aryl methyl sites for hydroxylation is 1. The summed E-state index contributed by atoms with van der Waals surface area (Å²) < 4.78 is 5.49. The molecule has 0 fully saturated rings. The predicted octanol–water partition coefficient (Wildman–Crippen LogP) is 2.04. The molecule has 0 amide bonds. The first-order valence-corrected chi connectivity index (χ1v) is 7.01. The van der Waals surface area contributed by atoms with E-state index in [1.807, 2.05) is 13.0 Å². The van der Waals surface area contributed by atoms with E-state index < -0.39 is 6.10 Å². The summed E-state index contributed by atoms with van der Waals surface area (Å²) in [6, 6.07) is 5.37. The summed E-state index contributed by atoms with van der Waals surface area (Å²) in [5.74, 6) is 0.679. The van der Waals surface area contributed by atoms with Crippen LogP contribution in [0.4, 0.5) is 0 Å². The van der Waals surface area contributed by atoms with E-state index in [4.69, 9.17) is 28.6 Å². The maximum absolute atomic E-state index is 9.79. The Morgan fingerprint density at radius 3 is 2.95 bits per heavy atom. The number of hydrogen-bond acceptors (Lipinski definition) is 3. The Bertz CT molecular complexity index is 468. The third-order valence-corrected chi connectivity index (χ3v) is 3.19. The molecule has 1 atom stereocenters. The largest absolute Gasteiger partial charge is 0.491 e. The molecule has 0 aliphatic heterocycles. The van der Waals surface area contributed by atoms with E-state index in [-0.39, 0.29) is 6.61 Å². The van der Waals surface area contributed by atoms with Gasteiger partial charge in [0.15, 0.2) is 5.11 Å². The Hall–Kier alpha value is -1.30. The van der Waals surface area contributed by atoms with Crippen molar-refractivity contribution < 1.29 is 9.84 Å². The van der Waals surface area contributed by atoms with Crippen LogP contribution in [0.25, 0.3) is 0 Å². The quantitative estimate of drug-likeness (QED) is 0.531. The number of aliphatic hydroxyl groups is 1. The lowest BCUT2D eigenvalue weighted by Gasteiger charge is -2.15. The summed E-state index contributed by atoms with van der Waals surface area (Å²) >= 11 is 10.9. The Balaban J connectivity index is 2.28. The molecule has 0 aliphatic carbocycles. The lowest BCUT2D eigenvalue weighted by Crippen LogP contribution is -2.41. The van der Waals surface area contributed by atoms with E-state index >= 15 is 0 Å². The zero-order valence-corrected chi connectivity index (χ0v) is 12.9. The summed E-state index contributed by atoms with van der Waals surface area (Å²) in [6.45, 7) is 6.55. The Morgan fingerprint density at radius 2 is 2.30 bits per heavy atom. The highest BCUT2D eigenvalue weighted by molar-refractivity contribution is 7.80. The molecule has 0 aromatic heterocycles. The van der Waals surface area contributed by atoms with Crippen LogP contribution >= 0.6 is 23.8 Å². The van der Waals surface area contributed by atoms with Crippen LogP contribution in [0.5, 0.6) is 5.75 Å². The Morgan fingerprint density at radius 1 is 1.55 bits per heavy atom. The van der Waals surface area contributed by atoms with Gasteiger partial charge in [0.1, 0.15) is 18.5 Å². The smallest absolute Gasteiger partial charge is 0.166 e. The molecule has 0 saturated heterocycles.